The maximum atomic E-state index is 11.2. The lowest BCUT2D eigenvalue weighted by Crippen LogP contribution is -2.28. The molecule has 0 unspecified atom stereocenters. The van der Waals surface area contributed by atoms with Crippen LogP contribution in [0.25, 0.3) is 0 Å². The molecule has 18 heavy (non-hydrogen) atoms. The Morgan fingerprint density at radius 1 is 1.28 bits per heavy atom. The average molecular weight is 291 g/mol. The standard InChI is InChI=1S/C12H18N2O2S.ClH/c13-17(15,16)12-3-1-2-11(9-12)8-10-4-6-14-7-5-10;/h1-3,9-10,14H,4-8H2,(H2,13,15,16);1H. The van der Waals surface area contributed by atoms with Crippen molar-refractivity contribution < 1.29 is 8.42 Å². The number of sulfonamides is 1. The van der Waals surface area contributed by atoms with Gasteiger partial charge in [-0.15, -0.1) is 12.4 Å². The molecule has 0 bridgehead atoms. The topological polar surface area (TPSA) is 72.2 Å². The summed E-state index contributed by atoms with van der Waals surface area (Å²) in [4.78, 5) is 0.212. The summed E-state index contributed by atoms with van der Waals surface area (Å²) in [6.07, 6.45) is 3.24. The number of primary sulfonamides is 1. The molecule has 6 heteroatoms. The van der Waals surface area contributed by atoms with Gasteiger partial charge in [0.05, 0.1) is 4.90 Å². The first-order chi connectivity index (χ1) is 8.05. The van der Waals surface area contributed by atoms with Crippen molar-refractivity contribution in [2.75, 3.05) is 13.1 Å². The van der Waals surface area contributed by atoms with Crippen LogP contribution in [0.3, 0.4) is 0 Å². The quantitative estimate of drug-likeness (QED) is 0.881. The molecule has 0 atom stereocenters. The molecule has 1 aliphatic heterocycles. The maximum Gasteiger partial charge on any atom is 0.238 e. The van der Waals surface area contributed by atoms with Gasteiger partial charge in [0.2, 0.25) is 10.0 Å². The first-order valence-electron chi connectivity index (χ1n) is 5.88. The minimum absolute atomic E-state index is 0. The number of halogens is 1. The first kappa shape index (κ1) is 15.4. The molecule has 0 aromatic heterocycles. The summed E-state index contributed by atoms with van der Waals surface area (Å²) in [6.45, 7) is 2.11. The highest BCUT2D eigenvalue weighted by molar-refractivity contribution is 7.89. The van der Waals surface area contributed by atoms with Gasteiger partial charge in [0.1, 0.15) is 0 Å². The van der Waals surface area contributed by atoms with Gasteiger partial charge in [-0.3, -0.25) is 0 Å². The van der Waals surface area contributed by atoms with E-state index in [1.165, 1.54) is 0 Å². The highest BCUT2D eigenvalue weighted by atomic mass is 35.5. The van der Waals surface area contributed by atoms with E-state index in [1.54, 1.807) is 18.2 Å². The van der Waals surface area contributed by atoms with Gasteiger partial charge < -0.3 is 5.32 Å². The Hall–Kier alpha value is -0.620. The molecule has 0 spiro atoms. The summed E-state index contributed by atoms with van der Waals surface area (Å²) in [5.41, 5.74) is 1.06. The Morgan fingerprint density at radius 3 is 2.56 bits per heavy atom. The third kappa shape index (κ3) is 4.24. The van der Waals surface area contributed by atoms with Crippen LogP contribution in [0.5, 0.6) is 0 Å². The lowest BCUT2D eigenvalue weighted by molar-refractivity contribution is 0.372. The molecule has 3 N–H and O–H groups in total. The van der Waals surface area contributed by atoms with Crippen molar-refractivity contribution in [3.8, 4) is 0 Å². The third-order valence-corrected chi connectivity index (χ3v) is 4.12. The average Bonchev–Trinajstić information content (AvgIpc) is 2.29. The number of hydrogen-bond acceptors (Lipinski definition) is 3. The van der Waals surface area contributed by atoms with Crippen LogP contribution in [0.4, 0.5) is 0 Å². The molecule has 1 heterocycles. The van der Waals surface area contributed by atoms with Crippen LogP contribution in [0.2, 0.25) is 0 Å². The zero-order valence-electron chi connectivity index (χ0n) is 10.1. The van der Waals surface area contributed by atoms with E-state index >= 15 is 0 Å². The fourth-order valence-electron chi connectivity index (χ4n) is 2.27. The Bertz CT molecular complexity index is 485. The summed E-state index contributed by atoms with van der Waals surface area (Å²) in [5.74, 6) is 0.645. The van der Waals surface area contributed by atoms with Crippen molar-refractivity contribution >= 4 is 22.4 Å². The van der Waals surface area contributed by atoms with Gasteiger partial charge in [-0.25, -0.2) is 13.6 Å². The predicted molar refractivity (Wildman–Crippen MR) is 74.4 cm³/mol. The largest absolute Gasteiger partial charge is 0.317 e. The lowest BCUT2D eigenvalue weighted by Gasteiger charge is -2.22. The van der Waals surface area contributed by atoms with Gasteiger partial charge >= 0.3 is 0 Å². The molecule has 0 aliphatic carbocycles. The Morgan fingerprint density at radius 2 is 1.94 bits per heavy atom. The molecule has 1 aromatic rings. The normalized spacial score (nSPS) is 17.2. The van der Waals surface area contributed by atoms with E-state index in [0.717, 1.165) is 37.9 Å². The van der Waals surface area contributed by atoms with Gasteiger partial charge in [-0.2, -0.15) is 0 Å². The van der Waals surface area contributed by atoms with Gasteiger partial charge in [-0.05, 0) is 56.0 Å². The van der Waals surface area contributed by atoms with Crippen molar-refractivity contribution in [3.63, 3.8) is 0 Å². The summed E-state index contributed by atoms with van der Waals surface area (Å²) in [7, 11) is -3.58. The van der Waals surface area contributed by atoms with Crippen molar-refractivity contribution in [2.24, 2.45) is 11.1 Å². The minimum atomic E-state index is -3.58. The van der Waals surface area contributed by atoms with Crippen molar-refractivity contribution in [1.82, 2.24) is 5.32 Å². The summed E-state index contributed by atoms with van der Waals surface area (Å²) in [5, 5.41) is 8.44. The summed E-state index contributed by atoms with van der Waals surface area (Å²) in [6, 6.07) is 6.96. The first-order valence-corrected chi connectivity index (χ1v) is 7.43. The Kier molecular flexibility index (Phi) is 5.59. The summed E-state index contributed by atoms with van der Waals surface area (Å²) < 4.78 is 22.5. The number of hydrogen-bond donors (Lipinski definition) is 2. The second-order valence-corrected chi connectivity index (χ2v) is 6.15. The highest BCUT2D eigenvalue weighted by Crippen LogP contribution is 2.19. The summed E-state index contributed by atoms with van der Waals surface area (Å²) >= 11 is 0. The number of rotatable bonds is 3. The highest BCUT2D eigenvalue weighted by Gasteiger charge is 2.14. The molecule has 0 saturated carbocycles. The van der Waals surface area contributed by atoms with E-state index in [-0.39, 0.29) is 17.3 Å². The lowest BCUT2D eigenvalue weighted by atomic mass is 9.91. The molecule has 1 saturated heterocycles. The molecule has 4 nitrogen and oxygen atoms in total. The van der Waals surface area contributed by atoms with E-state index in [1.807, 2.05) is 6.07 Å². The molecule has 1 aromatic carbocycles. The second kappa shape index (κ2) is 6.52. The van der Waals surface area contributed by atoms with Crippen molar-refractivity contribution in [3.05, 3.63) is 29.8 Å². The monoisotopic (exact) mass is 290 g/mol. The fourth-order valence-corrected chi connectivity index (χ4v) is 2.85. The molecule has 2 rings (SSSR count). The van der Waals surface area contributed by atoms with Crippen molar-refractivity contribution in [1.29, 1.82) is 0 Å². The minimum Gasteiger partial charge on any atom is -0.317 e. The molecule has 1 fully saturated rings. The number of nitrogens with two attached hydrogens (primary N) is 1. The van der Waals surface area contributed by atoms with E-state index in [0.29, 0.717) is 5.92 Å². The fraction of sp³-hybridized carbons (Fsp3) is 0.500. The third-order valence-electron chi connectivity index (χ3n) is 3.21. The molecule has 0 radical (unpaired) electrons. The molecular weight excluding hydrogens is 272 g/mol. The van der Waals surface area contributed by atoms with Gasteiger partial charge in [0, 0.05) is 0 Å². The van der Waals surface area contributed by atoms with Crippen LogP contribution < -0.4 is 10.5 Å². The zero-order chi connectivity index (χ0) is 12.3. The van der Waals surface area contributed by atoms with Crippen LogP contribution in [0, 0.1) is 5.92 Å². The van der Waals surface area contributed by atoms with Crippen molar-refractivity contribution in [2.45, 2.75) is 24.2 Å². The Labute approximate surface area is 114 Å². The van der Waals surface area contributed by atoms with Gasteiger partial charge in [0.15, 0.2) is 0 Å². The molecular formula is C12H19ClN2O2S. The smallest absolute Gasteiger partial charge is 0.238 e. The SMILES string of the molecule is Cl.NS(=O)(=O)c1cccc(CC2CCNCC2)c1. The van der Waals surface area contributed by atoms with Crippen LogP contribution in [0.15, 0.2) is 29.2 Å². The van der Waals surface area contributed by atoms with Crippen LogP contribution in [0.1, 0.15) is 18.4 Å². The van der Waals surface area contributed by atoms with Gasteiger partial charge in [-0.1, -0.05) is 12.1 Å². The number of nitrogens with one attached hydrogen (secondary N) is 1. The maximum absolute atomic E-state index is 11.2. The number of benzene rings is 1. The zero-order valence-corrected chi connectivity index (χ0v) is 11.8. The van der Waals surface area contributed by atoms with E-state index < -0.39 is 10.0 Å². The van der Waals surface area contributed by atoms with Gasteiger partial charge in [0.25, 0.3) is 0 Å². The van der Waals surface area contributed by atoms with E-state index in [4.69, 9.17) is 5.14 Å². The number of piperidine rings is 1. The molecule has 102 valence electrons. The van der Waals surface area contributed by atoms with Crippen LogP contribution in [-0.2, 0) is 16.4 Å². The Balaban J connectivity index is 0.00000162. The predicted octanol–water partition coefficient (Wildman–Crippen LogP) is 1.30. The molecule has 1 aliphatic rings. The molecule has 0 amide bonds. The van der Waals surface area contributed by atoms with E-state index in [2.05, 4.69) is 5.32 Å². The second-order valence-electron chi connectivity index (χ2n) is 4.59. The van der Waals surface area contributed by atoms with Crippen LogP contribution in [-0.4, -0.2) is 21.5 Å². The van der Waals surface area contributed by atoms with E-state index in [9.17, 15) is 8.42 Å². The van der Waals surface area contributed by atoms with Crippen LogP contribution >= 0.6 is 12.4 Å².